The highest BCUT2D eigenvalue weighted by Crippen LogP contribution is 2.19. The Morgan fingerprint density at radius 3 is 2.83 bits per heavy atom. The van der Waals surface area contributed by atoms with E-state index in [0.29, 0.717) is 11.3 Å². The topological polar surface area (TPSA) is 51.5 Å². The van der Waals surface area contributed by atoms with Crippen molar-refractivity contribution in [2.75, 3.05) is 5.32 Å². The number of benzene rings is 1. The first-order valence-corrected chi connectivity index (χ1v) is 5.03. The number of hydrogen-bond donors (Lipinski definition) is 1. The molecule has 1 heterocycles. The Morgan fingerprint density at radius 1 is 1.33 bits per heavy atom. The van der Waals surface area contributed by atoms with E-state index < -0.39 is 12.5 Å². The summed E-state index contributed by atoms with van der Waals surface area (Å²) in [6, 6.07) is 7.25. The first-order chi connectivity index (χ1) is 8.65. The molecule has 2 rings (SSSR count). The van der Waals surface area contributed by atoms with Crippen molar-refractivity contribution >= 4 is 11.6 Å². The molecule has 0 atom stereocenters. The summed E-state index contributed by atoms with van der Waals surface area (Å²) in [6.45, 7) is -2.90. The van der Waals surface area contributed by atoms with Crippen LogP contribution >= 0.6 is 0 Å². The van der Waals surface area contributed by atoms with Crippen LogP contribution < -0.4 is 10.1 Å². The molecule has 0 aliphatic heterocycles. The lowest BCUT2D eigenvalue weighted by Gasteiger charge is -2.07. The number of amides is 1. The smallest absolute Gasteiger partial charge is 0.387 e. The van der Waals surface area contributed by atoms with Crippen LogP contribution in [0.5, 0.6) is 5.75 Å². The van der Waals surface area contributed by atoms with Gasteiger partial charge in [0, 0.05) is 11.8 Å². The van der Waals surface area contributed by atoms with E-state index in [1.807, 2.05) is 0 Å². The molecule has 18 heavy (non-hydrogen) atoms. The molecule has 0 fully saturated rings. The van der Waals surface area contributed by atoms with Crippen molar-refractivity contribution in [1.82, 2.24) is 0 Å². The van der Waals surface area contributed by atoms with E-state index in [1.165, 1.54) is 36.8 Å². The monoisotopic (exact) mass is 253 g/mol. The molecule has 1 amide bonds. The lowest BCUT2D eigenvalue weighted by Crippen LogP contribution is -2.11. The molecule has 4 nitrogen and oxygen atoms in total. The zero-order valence-electron chi connectivity index (χ0n) is 9.10. The number of carbonyl (C=O) groups is 1. The second kappa shape index (κ2) is 5.31. The van der Waals surface area contributed by atoms with Crippen molar-refractivity contribution in [2.45, 2.75) is 6.61 Å². The molecule has 0 unspecified atom stereocenters. The van der Waals surface area contributed by atoms with E-state index in [2.05, 4.69) is 10.1 Å². The van der Waals surface area contributed by atoms with E-state index in [0.717, 1.165) is 0 Å². The molecular weight excluding hydrogens is 244 g/mol. The third kappa shape index (κ3) is 3.07. The van der Waals surface area contributed by atoms with Gasteiger partial charge in [-0.05, 0) is 18.2 Å². The van der Waals surface area contributed by atoms with Crippen LogP contribution in [-0.4, -0.2) is 12.5 Å². The molecule has 0 bridgehead atoms. The number of hydrogen-bond acceptors (Lipinski definition) is 3. The average Bonchev–Trinajstić information content (AvgIpc) is 2.81. The van der Waals surface area contributed by atoms with Gasteiger partial charge in [-0.25, -0.2) is 0 Å². The summed E-state index contributed by atoms with van der Waals surface area (Å²) >= 11 is 0. The van der Waals surface area contributed by atoms with Crippen LogP contribution in [0.2, 0.25) is 0 Å². The van der Waals surface area contributed by atoms with Gasteiger partial charge in [0.25, 0.3) is 5.91 Å². The van der Waals surface area contributed by atoms with Gasteiger partial charge in [0.15, 0.2) is 0 Å². The number of nitrogens with one attached hydrogen (secondary N) is 1. The highest BCUT2D eigenvalue weighted by molar-refractivity contribution is 6.04. The zero-order valence-corrected chi connectivity index (χ0v) is 9.10. The maximum atomic E-state index is 12.0. The second-order valence-electron chi connectivity index (χ2n) is 3.37. The molecule has 1 N–H and O–H groups in total. The summed E-state index contributed by atoms with van der Waals surface area (Å²) in [5.74, 6) is -0.409. The van der Waals surface area contributed by atoms with Crippen LogP contribution in [0.1, 0.15) is 10.4 Å². The fraction of sp³-hybridized carbons (Fsp3) is 0.0833. The molecule has 94 valence electrons. The van der Waals surface area contributed by atoms with E-state index >= 15 is 0 Å². The number of carbonyl (C=O) groups excluding carboxylic acids is 1. The summed E-state index contributed by atoms with van der Waals surface area (Å²) in [6.07, 6.45) is 2.65. The van der Waals surface area contributed by atoms with Gasteiger partial charge in [-0.1, -0.05) is 6.07 Å². The molecule has 1 aromatic heterocycles. The van der Waals surface area contributed by atoms with Gasteiger partial charge >= 0.3 is 6.61 Å². The number of alkyl halides is 2. The summed E-state index contributed by atoms with van der Waals surface area (Å²) in [7, 11) is 0. The molecule has 0 radical (unpaired) electrons. The fourth-order valence-corrected chi connectivity index (χ4v) is 1.35. The summed E-state index contributed by atoms with van der Waals surface area (Å²) < 4.78 is 33.0. The van der Waals surface area contributed by atoms with Crippen molar-refractivity contribution in [2.24, 2.45) is 0 Å². The van der Waals surface area contributed by atoms with Gasteiger partial charge in [-0.2, -0.15) is 8.78 Å². The van der Waals surface area contributed by atoms with Crippen LogP contribution in [0.4, 0.5) is 14.5 Å². The quantitative estimate of drug-likeness (QED) is 0.910. The summed E-state index contributed by atoms with van der Waals surface area (Å²) in [4.78, 5) is 11.6. The van der Waals surface area contributed by atoms with Crippen molar-refractivity contribution in [1.29, 1.82) is 0 Å². The Balaban J connectivity index is 2.07. The third-order valence-corrected chi connectivity index (χ3v) is 2.10. The van der Waals surface area contributed by atoms with Crippen molar-refractivity contribution < 1.29 is 22.7 Å². The van der Waals surface area contributed by atoms with Crippen LogP contribution in [0.15, 0.2) is 47.3 Å². The third-order valence-electron chi connectivity index (χ3n) is 2.10. The molecule has 1 aromatic carbocycles. The van der Waals surface area contributed by atoms with E-state index in [9.17, 15) is 13.6 Å². The number of rotatable bonds is 4. The minimum Gasteiger partial charge on any atom is -0.472 e. The van der Waals surface area contributed by atoms with Gasteiger partial charge in [0.05, 0.1) is 11.8 Å². The SMILES string of the molecule is O=C(Nc1cccc(OC(F)F)c1)c1ccoc1. The van der Waals surface area contributed by atoms with Crippen molar-refractivity contribution in [3.63, 3.8) is 0 Å². The fourth-order valence-electron chi connectivity index (χ4n) is 1.35. The maximum absolute atomic E-state index is 12.0. The van der Waals surface area contributed by atoms with Crippen LogP contribution in [0.3, 0.4) is 0 Å². The molecule has 0 saturated heterocycles. The van der Waals surface area contributed by atoms with E-state index in [1.54, 1.807) is 6.07 Å². The minimum absolute atomic E-state index is 0.0185. The zero-order chi connectivity index (χ0) is 13.0. The predicted octanol–water partition coefficient (Wildman–Crippen LogP) is 3.13. The van der Waals surface area contributed by atoms with E-state index in [-0.39, 0.29) is 5.75 Å². The van der Waals surface area contributed by atoms with Gasteiger partial charge in [0.1, 0.15) is 12.0 Å². The highest BCUT2D eigenvalue weighted by atomic mass is 19.3. The Labute approximate surface area is 101 Å². The lowest BCUT2D eigenvalue weighted by atomic mass is 10.2. The Bertz CT molecular complexity index is 526. The van der Waals surface area contributed by atoms with Crippen LogP contribution in [-0.2, 0) is 0 Å². The minimum atomic E-state index is -2.90. The van der Waals surface area contributed by atoms with E-state index in [4.69, 9.17) is 4.42 Å². The number of furan rings is 1. The Morgan fingerprint density at radius 2 is 2.17 bits per heavy atom. The lowest BCUT2D eigenvalue weighted by molar-refractivity contribution is -0.0497. The standard InChI is InChI=1S/C12H9F2NO3/c13-12(14)18-10-3-1-2-9(6-10)15-11(16)8-4-5-17-7-8/h1-7,12H,(H,15,16). The summed E-state index contributed by atoms with van der Waals surface area (Å²) in [5.41, 5.74) is 0.703. The Hall–Kier alpha value is -2.37. The van der Waals surface area contributed by atoms with Crippen LogP contribution in [0.25, 0.3) is 0 Å². The molecule has 6 heteroatoms. The predicted molar refractivity (Wildman–Crippen MR) is 59.7 cm³/mol. The highest BCUT2D eigenvalue weighted by Gasteiger charge is 2.09. The summed E-state index contributed by atoms with van der Waals surface area (Å²) in [5, 5.41) is 2.53. The maximum Gasteiger partial charge on any atom is 0.387 e. The molecule has 0 aliphatic carbocycles. The van der Waals surface area contributed by atoms with Gasteiger partial charge < -0.3 is 14.5 Å². The second-order valence-corrected chi connectivity index (χ2v) is 3.37. The number of anilines is 1. The molecular formula is C12H9F2NO3. The van der Waals surface area contributed by atoms with Gasteiger partial charge in [-0.15, -0.1) is 0 Å². The van der Waals surface area contributed by atoms with Crippen LogP contribution in [0, 0.1) is 0 Å². The van der Waals surface area contributed by atoms with Gasteiger partial charge in [0.2, 0.25) is 0 Å². The molecule has 0 spiro atoms. The Kier molecular flexibility index (Phi) is 3.57. The largest absolute Gasteiger partial charge is 0.472 e. The molecule has 0 aliphatic rings. The first-order valence-electron chi connectivity index (χ1n) is 5.03. The van der Waals surface area contributed by atoms with Crippen molar-refractivity contribution in [3.05, 3.63) is 48.4 Å². The number of ether oxygens (including phenoxy) is 1. The normalized spacial score (nSPS) is 10.4. The first kappa shape index (κ1) is 12.1. The molecule has 2 aromatic rings. The van der Waals surface area contributed by atoms with Crippen molar-refractivity contribution in [3.8, 4) is 5.75 Å². The average molecular weight is 253 g/mol. The number of halogens is 2. The molecule has 0 saturated carbocycles. The van der Waals surface area contributed by atoms with Gasteiger partial charge in [-0.3, -0.25) is 4.79 Å².